The third-order valence-corrected chi connectivity index (χ3v) is 4.08. The predicted octanol–water partition coefficient (Wildman–Crippen LogP) is 1.14. The van der Waals surface area contributed by atoms with E-state index < -0.39 is 0 Å². The summed E-state index contributed by atoms with van der Waals surface area (Å²) in [6.07, 6.45) is 2.16. The Bertz CT molecular complexity index is 123. The topological polar surface area (TPSA) is 29.5 Å². The zero-order valence-electron chi connectivity index (χ0n) is 7.24. The Balaban J connectivity index is 1.84. The van der Waals surface area contributed by atoms with Crippen LogP contribution >= 0.6 is 11.8 Å². The van der Waals surface area contributed by atoms with Crippen LogP contribution in [0.3, 0.4) is 0 Å². The van der Waals surface area contributed by atoms with E-state index in [1.165, 1.54) is 12.2 Å². The van der Waals surface area contributed by atoms with Crippen LogP contribution in [0.5, 0.6) is 0 Å². The summed E-state index contributed by atoms with van der Waals surface area (Å²) in [6.45, 7) is 1.63. The Morgan fingerprint density at radius 2 is 2.25 bits per heavy atom. The average molecular weight is 188 g/mol. The minimum absolute atomic E-state index is 0.0949. The molecule has 0 radical (unpaired) electrons. The van der Waals surface area contributed by atoms with Gasteiger partial charge in [-0.25, -0.2) is 0 Å². The van der Waals surface area contributed by atoms with Crippen molar-refractivity contribution in [2.45, 2.75) is 18.9 Å². The fraction of sp³-hybridized carbons (Fsp3) is 1.00. The Morgan fingerprint density at radius 3 is 2.83 bits per heavy atom. The van der Waals surface area contributed by atoms with Gasteiger partial charge in [-0.05, 0) is 30.3 Å². The van der Waals surface area contributed by atoms with Gasteiger partial charge in [0.1, 0.15) is 0 Å². The van der Waals surface area contributed by atoms with Gasteiger partial charge < -0.3 is 9.84 Å². The lowest BCUT2D eigenvalue weighted by atomic mass is 9.90. The van der Waals surface area contributed by atoms with E-state index >= 15 is 0 Å². The highest BCUT2D eigenvalue weighted by molar-refractivity contribution is 7.99. The van der Waals surface area contributed by atoms with Gasteiger partial charge in [-0.3, -0.25) is 0 Å². The van der Waals surface area contributed by atoms with E-state index in [1.54, 1.807) is 0 Å². The molecule has 70 valence electrons. The highest BCUT2D eigenvalue weighted by atomic mass is 32.2. The molecule has 0 aliphatic carbocycles. The molecule has 0 aromatic heterocycles. The second kappa shape index (κ2) is 3.99. The standard InChI is InChI=1S/C9H16O2S/c10-9(7-1-3-11-5-7)8-2-4-12-6-8/h7-10H,1-6H2. The average Bonchev–Trinajstić information content (AvgIpc) is 2.77. The number of aliphatic hydroxyl groups is 1. The highest BCUT2D eigenvalue weighted by Gasteiger charge is 2.32. The van der Waals surface area contributed by atoms with E-state index in [9.17, 15) is 5.11 Å². The van der Waals surface area contributed by atoms with Crippen LogP contribution in [0.15, 0.2) is 0 Å². The molecule has 2 aliphatic heterocycles. The molecular formula is C9H16O2S. The Morgan fingerprint density at radius 1 is 1.33 bits per heavy atom. The first-order chi connectivity index (χ1) is 5.88. The lowest BCUT2D eigenvalue weighted by Crippen LogP contribution is -2.29. The van der Waals surface area contributed by atoms with Gasteiger partial charge in [-0.2, -0.15) is 11.8 Å². The normalized spacial score (nSPS) is 38.8. The van der Waals surface area contributed by atoms with Gasteiger partial charge >= 0.3 is 0 Å². The van der Waals surface area contributed by atoms with Crippen LogP contribution in [0.1, 0.15) is 12.8 Å². The van der Waals surface area contributed by atoms with Crippen molar-refractivity contribution in [1.29, 1.82) is 0 Å². The summed E-state index contributed by atoms with van der Waals surface area (Å²) in [5, 5.41) is 9.96. The number of rotatable bonds is 2. The Hall–Kier alpha value is 0.270. The predicted molar refractivity (Wildman–Crippen MR) is 50.4 cm³/mol. The van der Waals surface area contributed by atoms with Gasteiger partial charge in [0, 0.05) is 12.5 Å². The zero-order valence-corrected chi connectivity index (χ0v) is 8.05. The van der Waals surface area contributed by atoms with E-state index in [4.69, 9.17) is 4.74 Å². The largest absolute Gasteiger partial charge is 0.392 e. The molecule has 0 bridgehead atoms. The van der Waals surface area contributed by atoms with Crippen LogP contribution in [-0.2, 0) is 4.74 Å². The first-order valence-electron chi connectivity index (χ1n) is 4.71. The first kappa shape index (κ1) is 8.85. The van der Waals surface area contributed by atoms with Crippen LogP contribution in [0.2, 0.25) is 0 Å². The molecule has 1 N–H and O–H groups in total. The lowest BCUT2D eigenvalue weighted by molar-refractivity contribution is 0.0521. The summed E-state index contributed by atoms with van der Waals surface area (Å²) in [5.41, 5.74) is 0. The number of ether oxygens (including phenoxy) is 1. The first-order valence-corrected chi connectivity index (χ1v) is 5.87. The lowest BCUT2D eigenvalue weighted by Gasteiger charge is -2.21. The van der Waals surface area contributed by atoms with Crippen molar-refractivity contribution in [1.82, 2.24) is 0 Å². The molecule has 0 spiro atoms. The van der Waals surface area contributed by atoms with Crippen LogP contribution in [0.25, 0.3) is 0 Å². The van der Waals surface area contributed by atoms with Gasteiger partial charge in [0.15, 0.2) is 0 Å². The monoisotopic (exact) mass is 188 g/mol. The van der Waals surface area contributed by atoms with Gasteiger partial charge in [0.05, 0.1) is 12.7 Å². The molecule has 0 saturated carbocycles. The van der Waals surface area contributed by atoms with E-state index in [2.05, 4.69) is 0 Å². The van der Waals surface area contributed by atoms with Crippen molar-refractivity contribution in [2.24, 2.45) is 11.8 Å². The van der Waals surface area contributed by atoms with Crippen LogP contribution in [-0.4, -0.2) is 35.9 Å². The van der Waals surface area contributed by atoms with Gasteiger partial charge in [-0.1, -0.05) is 0 Å². The second-order valence-corrected chi connectivity index (χ2v) is 4.89. The molecule has 2 rings (SSSR count). The number of hydrogen-bond donors (Lipinski definition) is 1. The molecule has 3 unspecified atom stereocenters. The molecular weight excluding hydrogens is 172 g/mol. The van der Waals surface area contributed by atoms with Crippen molar-refractivity contribution in [3.63, 3.8) is 0 Å². The molecule has 2 aliphatic rings. The Kier molecular flexibility index (Phi) is 2.94. The van der Waals surface area contributed by atoms with Gasteiger partial charge in [0.25, 0.3) is 0 Å². The summed E-state index contributed by atoms with van der Waals surface area (Å²) in [7, 11) is 0. The molecule has 12 heavy (non-hydrogen) atoms. The van der Waals surface area contributed by atoms with Crippen molar-refractivity contribution < 1.29 is 9.84 Å². The number of thioether (sulfide) groups is 1. The quantitative estimate of drug-likeness (QED) is 0.704. The smallest absolute Gasteiger partial charge is 0.0627 e. The number of hydrogen-bond acceptors (Lipinski definition) is 3. The van der Waals surface area contributed by atoms with Crippen molar-refractivity contribution in [3.05, 3.63) is 0 Å². The molecule has 2 saturated heterocycles. The molecule has 0 aromatic rings. The maximum atomic E-state index is 9.96. The zero-order chi connectivity index (χ0) is 8.39. The van der Waals surface area contributed by atoms with Gasteiger partial charge in [-0.15, -0.1) is 0 Å². The summed E-state index contributed by atoms with van der Waals surface area (Å²) in [6, 6.07) is 0. The Labute approximate surface area is 77.7 Å². The SMILES string of the molecule is OC(C1CCOC1)C1CCSC1. The fourth-order valence-corrected chi connectivity index (χ4v) is 3.33. The summed E-state index contributed by atoms with van der Waals surface area (Å²) in [5.74, 6) is 3.35. The second-order valence-electron chi connectivity index (χ2n) is 3.74. The summed E-state index contributed by atoms with van der Waals surface area (Å²) >= 11 is 1.97. The summed E-state index contributed by atoms with van der Waals surface area (Å²) < 4.78 is 5.27. The molecule has 3 heteroatoms. The fourth-order valence-electron chi connectivity index (χ4n) is 2.03. The minimum atomic E-state index is -0.0949. The van der Waals surface area contributed by atoms with Crippen LogP contribution < -0.4 is 0 Å². The van der Waals surface area contributed by atoms with E-state index in [0.29, 0.717) is 11.8 Å². The molecule has 0 aromatic carbocycles. The molecule has 0 amide bonds. The van der Waals surface area contributed by atoms with Crippen LogP contribution in [0, 0.1) is 11.8 Å². The summed E-state index contributed by atoms with van der Waals surface area (Å²) in [4.78, 5) is 0. The maximum absolute atomic E-state index is 9.96. The third kappa shape index (κ3) is 1.78. The molecule has 3 atom stereocenters. The van der Waals surface area contributed by atoms with Crippen LogP contribution in [0.4, 0.5) is 0 Å². The minimum Gasteiger partial charge on any atom is -0.392 e. The number of aliphatic hydroxyl groups excluding tert-OH is 1. The van der Waals surface area contributed by atoms with Crippen molar-refractivity contribution in [3.8, 4) is 0 Å². The van der Waals surface area contributed by atoms with E-state index in [1.807, 2.05) is 11.8 Å². The third-order valence-electron chi connectivity index (χ3n) is 2.90. The maximum Gasteiger partial charge on any atom is 0.0627 e. The van der Waals surface area contributed by atoms with Gasteiger partial charge in [0.2, 0.25) is 0 Å². The highest BCUT2D eigenvalue weighted by Crippen LogP contribution is 2.31. The molecule has 2 fully saturated rings. The van der Waals surface area contributed by atoms with Crippen molar-refractivity contribution in [2.75, 3.05) is 24.7 Å². The van der Waals surface area contributed by atoms with E-state index in [-0.39, 0.29) is 6.10 Å². The molecule has 2 heterocycles. The van der Waals surface area contributed by atoms with Crippen molar-refractivity contribution >= 4 is 11.8 Å². The van der Waals surface area contributed by atoms with E-state index in [0.717, 1.165) is 25.4 Å². The molecule has 2 nitrogen and oxygen atoms in total.